The fourth-order valence-electron chi connectivity index (χ4n) is 3.58. The summed E-state index contributed by atoms with van der Waals surface area (Å²) in [5.41, 5.74) is 2.39. The highest BCUT2D eigenvalue weighted by Gasteiger charge is 2.17. The minimum atomic E-state index is 1.18. The first-order valence-electron chi connectivity index (χ1n) is 8.71. The number of thiophene rings is 1. The van der Waals surface area contributed by atoms with Crippen LogP contribution in [0.25, 0.3) is 21.5 Å². The van der Waals surface area contributed by atoms with E-state index >= 15 is 0 Å². The molecule has 0 spiro atoms. The quantitative estimate of drug-likeness (QED) is 0.304. The van der Waals surface area contributed by atoms with Crippen molar-refractivity contribution in [1.82, 2.24) is 0 Å². The molecule has 0 amide bonds. The van der Waals surface area contributed by atoms with Crippen molar-refractivity contribution in [3.63, 3.8) is 0 Å². The van der Waals surface area contributed by atoms with Crippen LogP contribution in [0.1, 0.15) is 0 Å². The molecule has 0 radical (unpaired) electrons. The minimum Gasteiger partial charge on any atom is -0.301 e. The zero-order chi connectivity index (χ0) is 17.3. The predicted molar refractivity (Wildman–Crippen MR) is 114 cm³/mol. The van der Waals surface area contributed by atoms with E-state index in [0.29, 0.717) is 0 Å². The lowest BCUT2D eigenvalue weighted by Gasteiger charge is -2.26. The predicted octanol–water partition coefficient (Wildman–Crippen LogP) is 7.52. The van der Waals surface area contributed by atoms with Crippen LogP contribution in [0.15, 0.2) is 102 Å². The standard InChI is InChI=1S/C24H17NS/c1-2-10-19(11-3-1)25(24-15-8-16-26-24)23-17-18-9-4-5-12-20(18)21-13-6-7-14-22(21)23/h1-17H. The van der Waals surface area contributed by atoms with Gasteiger partial charge in [-0.2, -0.15) is 0 Å². The summed E-state index contributed by atoms with van der Waals surface area (Å²) in [6.07, 6.45) is 0. The number of benzene rings is 4. The third kappa shape index (κ3) is 2.47. The van der Waals surface area contributed by atoms with Crippen molar-refractivity contribution in [2.75, 3.05) is 4.90 Å². The molecule has 5 aromatic rings. The molecule has 0 aliphatic rings. The van der Waals surface area contributed by atoms with E-state index in [2.05, 4.69) is 107 Å². The van der Waals surface area contributed by atoms with Gasteiger partial charge in [0.1, 0.15) is 0 Å². The molecule has 0 atom stereocenters. The van der Waals surface area contributed by atoms with Gasteiger partial charge >= 0.3 is 0 Å². The Hall–Kier alpha value is -3.10. The monoisotopic (exact) mass is 351 g/mol. The number of para-hydroxylation sites is 1. The Morgan fingerprint density at radius 2 is 1.27 bits per heavy atom. The first kappa shape index (κ1) is 15.2. The Bertz CT molecular complexity index is 1180. The first-order valence-corrected chi connectivity index (χ1v) is 9.59. The highest BCUT2D eigenvalue weighted by atomic mass is 32.1. The van der Waals surface area contributed by atoms with Gasteiger partial charge in [-0.15, -0.1) is 11.3 Å². The van der Waals surface area contributed by atoms with Crippen molar-refractivity contribution in [1.29, 1.82) is 0 Å². The normalized spacial score (nSPS) is 11.1. The summed E-state index contributed by atoms with van der Waals surface area (Å²) < 4.78 is 0. The van der Waals surface area contributed by atoms with Gasteiger partial charge < -0.3 is 4.90 Å². The highest BCUT2D eigenvalue weighted by molar-refractivity contribution is 7.14. The average molecular weight is 351 g/mol. The smallest absolute Gasteiger partial charge is 0.0999 e. The summed E-state index contributed by atoms with van der Waals surface area (Å²) in [5, 5.41) is 8.47. The summed E-state index contributed by atoms with van der Waals surface area (Å²) in [5.74, 6) is 0. The zero-order valence-corrected chi connectivity index (χ0v) is 15.0. The second-order valence-corrected chi connectivity index (χ2v) is 7.21. The molecule has 0 saturated carbocycles. The molecule has 1 aromatic heterocycles. The zero-order valence-electron chi connectivity index (χ0n) is 14.2. The van der Waals surface area contributed by atoms with Crippen LogP contribution in [0.3, 0.4) is 0 Å². The van der Waals surface area contributed by atoms with Crippen LogP contribution >= 0.6 is 11.3 Å². The number of hydrogen-bond acceptors (Lipinski definition) is 2. The maximum absolute atomic E-state index is 2.36. The van der Waals surface area contributed by atoms with Gasteiger partial charge in [-0.05, 0) is 51.9 Å². The molecule has 1 heterocycles. The molecule has 5 rings (SSSR count). The molecule has 0 bridgehead atoms. The third-order valence-corrected chi connectivity index (χ3v) is 5.58. The summed E-state index contributed by atoms with van der Waals surface area (Å²) >= 11 is 1.76. The lowest BCUT2D eigenvalue weighted by Crippen LogP contribution is -2.08. The molecule has 0 aliphatic carbocycles. The number of hydrogen-bond donors (Lipinski definition) is 0. The van der Waals surface area contributed by atoms with Crippen LogP contribution in [0.2, 0.25) is 0 Å². The van der Waals surface area contributed by atoms with Crippen molar-refractivity contribution in [2.45, 2.75) is 0 Å². The first-order chi connectivity index (χ1) is 12.9. The van der Waals surface area contributed by atoms with Gasteiger partial charge in [-0.1, -0.05) is 66.7 Å². The number of anilines is 3. The summed E-state index contributed by atoms with van der Waals surface area (Å²) in [6.45, 7) is 0. The van der Waals surface area contributed by atoms with Crippen LogP contribution in [0.4, 0.5) is 16.4 Å². The summed E-state index contributed by atoms with van der Waals surface area (Å²) in [7, 11) is 0. The number of rotatable bonds is 3. The van der Waals surface area contributed by atoms with Crippen molar-refractivity contribution in [2.24, 2.45) is 0 Å². The highest BCUT2D eigenvalue weighted by Crippen LogP contribution is 2.43. The van der Waals surface area contributed by atoms with Crippen molar-refractivity contribution in [3.8, 4) is 0 Å². The molecule has 4 aromatic carbocycles. The van der Waals surface area contributed by atoms with Crippen molar-refractivity contribution >= 4 is 49.3 Å². The fourth-order valence-corrected chi connectivity index (χ4v) is 4.34. The molecule has 0 aliphatic heterocycles. The van der Waals surface area contributed by atoms with Gasteiger partial charge in [0.15, 0.2) is 0 Å². The molecule has 0 fully saturated rings. The molecule has 2 heteroatoms. The largest absolute Gasteiger partial charge is 0.301 e. The van der Waals surface area contributed by atoms with Gasteiger partial charge in [0.05, 0.1) is 10.7 Å². The second kappa shape index (κ2) is 6.32. The molecule has 1 nitrogen and oxygen atoms in total. The Balaban J connectivity index is 1.88. The van der Waals surface area contributed by atoms with Crippen LogP contribution in [0.5, 0.6) is 0 Å². The maximum atomic E-state index is 2.36. The van der Waals surface area contributed by atoms with E-state index < -0.39 is 0 Å². The maximum Gasteiger partial charge on any atom is 0.0999 e. The lowest BCUT2D eigenvalue weighted by atomic mass is 9.99. The SMILES string of the molecule is c1ccc(N(c2cccs2)c2cc3ccccc3c3ccccc23)cc1. The van der Waals surface area contributed by atoms with Gasteiger partial charge in [0, 0.05) is 11.1 Å². The molecule has 0 unspecified atom stereocenters. The van der Waals surface area contributed by atoms with Gasteiger partial charge in [-0.3, -0.25) is 0 Å². The van der Waals surface area contributed by atoms with Crippen LogP contribution in [-0.2, 0) is 0 Å². The van der Waals surface area contributed by atoms with Crippen LogP contribution in [-0.4, -0.2) is 0 Å². The van der Waals surface area contributed by atoms with Crippen LogP contribution in [0, 0.1) is 0 Å². The molecule has 124 valence electrons. The van der Waals surface area contributed by atoms with Crippen LogP contribution < -0.4 is 4.90 Å². The Morgan fingerprint density at radius 3 is 2.04 bits per heavy atom. The molecular weight excluding hydrogens is 334 g/mol. The van der Waals surface area contributed by atoms with E-state index in [1.807, 2.05) is 0 Å². The summed E-state index contributed by atoms with van der Waals surface area (Å²) in [6, 6.07) is 34.5. The third-order valence-electron chi connectivity index (χ3n) is 4.73. The van der Waals surface area contributed by atoms with Gasteiger partial charge in [0.25, 0.3) is 0 Å². The van der Waals surface area contributed by atoms with E-state index in [0.717, 1.165) is 0 Å². The van der Waals surface area contributed by atoms with E-state index in [1.165, 1.54) is 37.9 Å². The average Bonchev–Trinajstić information content (AvgIpc) is 3.23. The van der Waals surface area contributed by atoms with E-state index in [-0.39, 0.29) is 0 Å². The Labute approximate surface area is 156 Å². The van der Waals surface area contributed by atoms with Crippen molar-refractivity contribution in [3.05, 3.63) is 102 Å². The topological polar surface area (TPSA) is 3.24 Å². The van der Waals surface area contributed by atoms with E-state index in [9.17, 15) is 0 Å². The van der Waals surface area contributed by atoms with E-state index in [1.54, 1.807) is 11.3 Å². The fraction of sp³-hybridized carbons (Fsp3) is 0. The van der Waals surface area contributed by atoms with Gasteiger partial charge in [0.2, 0.25) is 0 Å². The molecular formula is C24H17NS. The van der Waals surface area contributed by atoms with Gasteiger partial charge in [-0.25, -0.2) is 0 Å². The molecule has 26 heavy (non-hydrogen) atoms. The van der Waals surface area contributed by atoms with E-state index in [4.69, 9.17) is 0 Å². The second-order valence-electron chi connectivity index (χ2n) is 6.28. The molecule has 0 saturated heterocycles. The minimum absolute atomic E-state index is 1.18. The number of fused-ring (bicyclic) bond motifs is 3. The van der Waals surface area contributed by atoms with Crippen molar-refractivity contribution < 1.29 is 0 Å². The number of nitrogens with zero attached hydrogens (tertiary/aromatic N) is 1. The lowest BCUT2D eigenvalue weighted by molar-refractivity contribution is 1.34. The molecule has 0 N–H and O–H groups in total. The Morgan fingerprint density at radius 1 is 0.577 bits per heavy atom. The Kier molecular flexibility index (Phi) is 3.69. The summed E-state index contributed by atoms with van der Waals surface area (Å²) in [4.78, 5) is 2.36.